The highest BCUT2D eigenvalue weighted by atomic mass is 15.1. The predicted molar refractivity (Wildman–Crippen MR) is 90.2 cm³/mol. The molecule has 1 aromatic heterocycles. The molecule has 3 N–H and O–H groups in total. The van der Waals surface area contributed by atoms with Crippen molar-refractivity contribution >= 4 is 33.7 Å². The van der Waals surface area contributed by atoms with Gasteiger partial charge < -0.3 is 16.0 Å². The van der Waals surface area contributed by atoms with Gasteiger partial charge in [-0.3, -0.25) is 4.98 Å². The number of hydrogen-bond donors (Lipinski definition) is 2. The second-order valence-corrected chi connectivity index (χ2v) is 5.18. The third-order valence-corrected chi connectivity index (χ3v) is 3.44. The summed E-state index contributed by atoms with van der Waals surface area (Å²) < 4.78 is 0. The minimum absolute atomic E-state index is 0.643. The van der Waals surface area contributed by atoms with Crippen LogP contribution in [0.2, 0.25) is 0 Å². The molecule has 0 bridgehead atoms. The van der Waals surface area contributed by atoms with Crippen LogP contribution in [0.5, 0.6) is 0 Å². The van der Waals surface area contributed by atoms with Crippen LogP contribution < -0.4 is 16.0 Å². The molecule has 106 valence electrons. The number of anilines is 4. The first kappa shape index (κ1) is 13.2. The van der Waals surface area contributed by atoms with Gasteiger partial charge in [0.2, 0.25) is 0 Å². The quantitative estimate of drug-likeness (QED) is 0.768. The van der Waals surface area contributed by atoms with Gasteiger partial charge in [-0.25, -0.2) is 0 Å². The second kappa shape index (κ2) is 5.32. The maximum Gasteiger partial charge on any atom is 0.0746 e. The number of aromatic nitrogens is 1. The van der Waals surface area contributed by atoms with Crippen LogP contribution in [0.1, 0.15) is 0 Å². The Morgan fingerprint density at radius 1 is 1.05 bits per heavy atom. The van der Waals surface area contributed by atoms with Crippen molar-refractivity contribution in [2.45, 2.75) is 0 Å². The van der Waals surface area contributed by atoms with E-state index in [1.807, 2.05) is 50.5 Å². The van der Waals surface area contributed by atoms with Crippen molar-refractivity contribution in [2.75, 3.05) is 30.0 Å². The lowest BCUT2D eigenvalue weighted by molar-refractivity contribution is 1.13. The van der Waals surface area contributed by atoms with Gasteiger partial charge in [-0.1, -0.05) is 24.3 Å². The lowest BCUT2D eigenvalue weighted by atomic mass is 10.1. The molecule has 1 heterocycles. The predicted octanol–water partition coefficient (Wildman–Crippen LogP) is 3.63. The van der Waals surface area contributed by atoms with Crippen LogP contribution in [0, 0.1) is 0 Å². The molecule has 2 aromatic carbocycles. The van der Waals surface area contributed by atoms with Gasteiger partial charge in [-0.05, 0) is 24.3 Å². The number of benzene rings is 2. The molecule has 0 unspecified atom stereocenters. The van der Waals surface area contributed by atoms with Gasteiger partial charge in [0.05, 0.1) is 23.1 Å². The van der Waals surface area contributed by atoms with E-state index in [9.17, 15) is 0 Å². The zero-order valence-corrected chi connectivity index (χ0v) is 12.2. The Morgan fingerprint density at radius 2 is 1.86 bits per heavy atom. The number of pyridine rings is 1. The number of rotatable bonds is 3. The van der Waals surface area contributed by atoms with Gasteiger partial charge in [0.15, 0.2) is 0 Å². The van der Waals surface area contributed by atoms with Crippen molar-refractivity contribution < 1.29 is 0 Å². The number of nitrogens with zero attached hydrogens (tertiary/aromatic N) is 2. The normalized spacial score (nSPS) is 10.6. The Labute approximate surface area is 124 Å². The van der Waals surface area contributed by atoms with Gasteiger partial charge >= 0.3 is 0 Å². The van der Waals surface area contributed by atoms with Crippen molar-refractivity contribution in [3.63, 3.8) is 0 Å². The molecule has 0 aliphatic carbocycles. The molecule has 0 atom stereocenters. The van der Waals surface area contributed by atoms with Crippen LogP contribution in [0.4, 0.5) is 22.7 Å². The number of nitrogens with one attached hydrogen (secondary N) is 1. The Hall–Kier alpha value is -2.75. The fourth-order valence-corrected chi connectivity index (χ4v) is 2.30. The molecule has 4 nitrogen and oxygen atoms in total. The van der Waals surface area contributed by atoms with Gasteiger partial charge in [-0.2, -0.15) is 0 Å². The summed E-state index contributed by atoms with van der Waals surface area (Å²) in [6.07, 6.45) is 1.69. The molecule has 0 amide bonds. The molecular formula is C17H18N4. The molecule has 0 saturated carbocycles. The van der Waals surface area contributed by atoms with Crippen molar-refractivity contribution in [3.8, 4) is 0 Å². The molecule has 4 heteroatoms. The van der Waals surface area contributed by atoms with Crippen molar-refractivity contribution in [1.82, 2.24) is 4.98 Å². The second-order valence-electron chi connectivity index (χ2n) is 5.18. The maximum absolute atomic E-state index is 6.10. The third kappa shape index (κ3) is 2.60. The summed E-state index contributed by atoms with van der Waals surface area (Å²) in [6.45, 7) is 0. The SMILES string of the molecule is CN(C)c1cccc(Nc2c(N)cnc3ccccc23)c1. The molecule has 3 rings (SSSR count). The third-order valence-electron chi connectivity index (χ3n) is 3.44. The first-order chi connectivity index (χ1) is 10.1. The van der Waals surface area contributed by atoms with Gasteiger partial charge in [0.1, 0.15) is 0 Å². The molecule has 0 aliphatic rings. The summed E-state index contributed by atoms with van der Waals surface area (Å²) in [5.41, 5.74) is 10.7. The highest BCUT2D eigenvalue weighted by molar-refractivity contribution is 5.98. The zero-order chi connectivity index (χ0) is 14.8. The first-order valence-electron chi connectivity index (χ1n) is 6.83. The Morgan fingerprint density at radius 3 is 2.67 bits per heavy atom. The van der Waals surface area contributed by atoms with Crippen molar-refractivity contribution in [2.24, 2.45) is 0 Å². The lowest BCUT2D eigenvalue weighted by Gasteiger charge is -2.16. The molecular weight excluding hydrogens is 260 g/mol. The fourth-order valence-electron chi connectivity index (χ4n) is 2.30. The number of hydrogen-bond acceptors (Lipinski definition) is 4. The lowest BCUT2D eigenvalue weighted by Crippen LogP contribution is -2.08. The average molecular weight is 278 g/mol. The smallest absolute Gasteiger partial charge is 0.0746 e. The first-order valence-corrected chi connectivity index (χ1v) is 6.83. The monoisotopic (exact) mass is 278 g/mol. The van der Waals surface area contributed by atoms with Gasteiger partial charge in [0, 0.05) is 30.9 Å². The number of para-hydroxylation sites is 1. The zero-order valence-electron chi connectivity index (χ0n) is 12.2. The summed E-state index contributed by atoms with van der Waals surface area (Å²) in [5, 5.41) is 4.44. The van der Waals surface area contributed by atoms with Crippen LogP contribution in [-0.4, -0.2) is 19.1 Å². The van der Waals surface area contributed by atoms with Crippen molar-refractivity contribution in [3.05, 3.63) is 54.7 Å². The minimum atomic E-state index is 0.643. The summed E-state index contributed by atoms with van der Waals surface area (Å²) >= 11 is 0. The van der Waals surface area contributed by atoms with Crippen LogP contribution in [-0.2, 0) is 0 Å². The summed E-state index contributed by atoms with van der Waals surface area (Å²) in [4.78, 5) is 6.42. The summed E-state index contributed by atoms with van der Waals surface area (Å²) in [5.74, 6) is 0. The van der Waals surface area contributed by atoms with Gasteiger partial charge in [-0.15, -0.1) is 0 Å². The average Bonchev–Trinajstić information content (AvgIpc) is 2.50. The van der Waals surface area contributed by atoms with E-state index in [4.69, 9.17) is 5.73 Å². The summed E-state index contributed by atoms with van der Waals surface area (Å²) in [6, 6.07) is 16.2. The van der Waals surface area contributed by atoms with E-state index in [0.29, 0.717) is 5.69 Å². The molecule has 21 heavy (non-hydrogen) atoms. The Balaban J connectivity index is 2.05. The van der Waals surface area contributed by atoms with Gasteiger partial charge in [0.25, 0.3) is 0 Å². The van der Waals surface area contributed by atoms with Crippen LogP contribution in [0.25, 0.3) is 10.9 Å². The topological polar surface area (TPSA) is 54.2 Å². The Bertz CT molecular complexity index is 781. The molecule has 0 aliphatic heterocycles. The largest absolute Gasteiger partial charge is 0.396 e. The van der Waals surface area contributed by atoms with E-state index in [1.165, 1.54) is 0 Å². The van der Waals surface area contributed by atoms with E-state index < -0.39 is 0 Å². The minimum Gasteiger partial charge on any atom is -0.396 e. The van der Waals surface area contributed by atoms with Crippen molar-refractivity contribution in [1.29, 1.82) is 0 Å². The van der Waals surface area contributed by atoms with E-state index in [0.717, 1.165) is 28.0 Å². The number of nitrogens with two attached hydrogens (primary N) is 1. The number of fused-ring (bicyclic) bond motifs is 1. The van der Waals surface area contributed by atoms with Crippen LogP contribution in [0.15, 0.2) is 54.7 Å². The standard InChI is InChI=1S/C17H18N4/c1-21(2)13-7-5-6-12(10-13)20-17-14-8-3-4-9-16(14)19-11-15(17)18/h3-11H,18H2,1-2H3,(H,19,20). The Kier molecular flexibility index (Phi) is 3.36. The molecule has 3 aromatic rings. The molecule has 0 radical (unpaired) electrons. The maximum atomic E-state index is 6.10. The molecule has 0 spiro atoms. The highest BCUT2D eigenvalue weighted by Crippen LogP contribution is 2.31. The van der Waals surface area contributed by atoms with E-state index in [1.54, 1.807) is 6.20 Å². The number of nitrogen functional groups attached to an aromatic ring is 1. The summed E-state index contributed by atoms with van der Waals surface area (Å²) in [7, 11) is 4.05. The molecule has 0 fully saturated rings. The van der Waals surface area contributed by atoms with E-state index in [-0.39, 0.29) is 0 Å². The molecule has 0 saturated heterocycles. The fraction of sp³-hybridized carbons (Fsp3) is 0.118. The van der Waals surface area contributed by atoms with E-state index >= 15 is 0 Å². The van der Waals surface area contributed by atoms with E-state index in [2.05, 4.69) is 27.3 Å². The van der Waals surface area contributed by atoms with Crippen LogP contribution >= 0.6 is 0 Å². The van der Waals surface area contributed by atoms with Crippen LogP contribution in [0.3, 0.4) is 0 Å². The highest BCUT2D eigenvalue weighted by Gasteiger charge is 2.07.